The summed E-state index contributed by atoms with van der Waals surface area (Å²) in [5.41, 5.74) is 2.32. The van der Waals surface area contributed by atoms with Gasteiger partial charge in [-0.2, -0.15) is 0 Å². The van der Waals surface area contributed by atoms with E-state index in [1.165, 1.54) is 6.07 Å². The van der Waals surface area contributed by atoms with Crippen molar-refractivity contribution < 1.29 is 37.0 Å². The summed E-state index contributed by atoms with van der Waals surface area (Å²) in [5, 5.41) is 5.46. The summed E-state index contributed by atoms with van der Waals surface area (Å²) in [7, 11) is 0. The molecule has 1 aliphatic rings. The molecular weight excluding hydrogens is 531 g/mol. The lowest BCUT2D eigenvalue weighted by Crippen LogP contribution is -2.44. The molecule has 1 aliphatic heterocycles. The molecule has 1 heterocycles. The largest absolute Gasteiger partial charge is 0.444 e. The zero-order chi connectivity index (χ0) is 29.8. The van der Waals surface area contributed by atoms with Crippen LogP contribution < -0.4 is 26.4 Å². The summed E-state index contributed by atoms with van der Waals surface area (Å²) in [6.45, 7) is 10.7. The average molecular weight is 566 g/mol. The average Bonchev–Trinajstić information content (AvgIpc) is 3.25. The van der Waals surface area contributed by atoms with Gasteiger partial charge < -0.3 is 25.0 Å². The molecule has 0 bridgehead atoms. The topological polar surface area (TPSA) is 121 Å². The summed E-state index contributed by atoms with van der Waals surface area (Å²) in [4.78, 5) is 38.7. The molecule has 218 valence electrons. The maximum absolute atomic E-state index is 15.3. The quantitative estimate of drug-likeness (QED) is 0.372. The number of hydrazine groups is 1. The number of hydrogen-bond acceptors (Lipinski definition) is 7. The van der Waals surface area contributed by atoms with E-state index in [9.17, 15) is 23.2 Å². The van der Waals surface area contributed by atoms with Crippen LogP contribution in [0.15, 0.2) is 30.3 Å². The van der Waals surface area contributed by atoms with Gasteiger partial charge in [-0.25, -0.2) is 28.2 Å². The number of amides is 3. The van der Waals surface area contributed by atoms with Crippen LogP contribution in [0.1, 0.15) is 58.3 Å². The van der Waals surface area contributed by atoms with Crippen molar-refractivity contribution in [1.29, 1.82) is 0 Å². The molecule has 3 amide bonds. The van der Waals surface area contributed by atoms with Crippen LogP contribution in [0.4, 0.5) is 39.8 Å². The second kappa shape index (κ2) is 11.9. The van der Waals surface area contributed by atoms with Crippen LogP contribution in [0.3, 0.4) is 0 Å². The van der Waals surface area contributed by atoms with Crippen molar-refractivity contribution in [2.24, 2.45) is 0 Å². The van der Waals surface area contributed by atoms with Crippen molar-refractivity contribution in [2.75, 3.05) is 23.3 Å². The van der Waals surface area contributed by atoms with Crippen LogP contribution in [-0.2, 0) is 9.47 Å². The van der Waals surface area contributed by atoms with E-state index < -0.39 is 46.7 Å². The lowest BCUT2D eigenvalue weighted by molar-refractivity contribution is 0.0480. The molecule has 0 aliphatic carbocycles. The highest BCUT2D eigenvalue weighted by molar-refractivity contribution is 6.01. The second-order valence-electron chi connectivity index (χ2n) is 11.3. The molecule has 1 fully saturated rings. The van der Waals surface area contributed by atoms with Crippen LogP contribution in [0, 0.1) is 17.5 Å². The number of alkyl carbamates (subject to hydrolysis) is 1. The normalized spacial score (nSPS) is 15.3. The number of benzene rings is 2. The zero-order valence-corrected chi connectivity index (χ0v) is 23.2. The molecule has 13 heteroatoms. The fourth-order valence-corrected chi connectivity index (χ4v) is 3.88. The van der Waals surface area contributed by atoms with Gasteiger partial charge in [0.25, 0.3) is 5.91 Å². The van der Waals surface area contributed by atoms with Crippen LogP contribution in [0.25, 0.3) is 0 Å². The number of hydrogen-bond donors (Lipinski definition) is 4. The number of rotatable bonds is 5. The van der Waals surface area contributed by atoms with Gasteiger partial charge in [0.2, 0.25) is 0 Å². The van der Waals surface area contributed by atoms with E-state index in [2.05, 4.69) is 21.5 Å². The van der Waals surface area contributed by atoms with Gasteiger partial charge in [0.05, 0.1) is 28.7 Å². The van der Waals surface area contributed by atoms with Gasteiger partial charge in [-0.1, -0.05) is 0 Å². The first kappa shape index (κ1) is 30.4. The molecular formula is C27H34F3N5O5. The Labute approximate surface area is 230 Å². The van der Waals surface area contributed by atoms with Crippen molar-refractivity contribution >= 4 is 35.2 Å². The summed E-state index contributed by atoms with van der Waals surface area (Å²) in [6, 6.07) is 4.71. The SMILES string of the molecule is CC(C)(C)OC(=O)NNC(=O)c1cc(F)c(N2CC[C@H](NC(=O)OC(C)(C)C)C2)cc1Nc1ccc(F)cc1F. The number of carbonyl (C=O) groups is 3. The number of carbonyl (C=O) groups excluding carboxylic acids is 3. The first-order chi connectivity index (χ1) is 18.5. The van der Waals surface area contributed by atoms with Crippen molar-refractivity contribution in [3.63, 3.8) is 0 Å². The predicted octanol–water partition coefficient (Wildman–Crippen LogP) is 5.12. The molecule has 1 saturated heterocycles. The molecule has 3 rings (SSSR count). The number of nitrogens with one attached hydrogen (secondary N) is 4. The van der Waals surface area contributed by atoms with Crippen LogP contribution in [0.5, 0.6) is 0 Å². The predicted molar refractivity (Wildman–Crippen MR) is 143 cm³/mol. The van der Waals surface area contributed by atoms with Gasteiger partial charge in [-0.15, -0.1) is 0 Å². The Balaban J connectivity index is 1.85. The first-order valence-electron chi connectivity index (χ1n) is 12.6. The Morgan fingerprint density at radius 2 is 1.50 bits per heavy atom. The van der Waals surface area contributed by atoms with Crippen molar-refractivity contribution in [3.05, 3.63) is 53.3 Å². The molecule has 2 aromatic rings. The van der Waals surface area contributed by atoms with Crippen molar-refractivity contribution in [1.82, 2.24) is 16.2 Å². The molecule has 4 N–H and O–H groups in total. The molecule has 10 nitrogen and oxygen atoms in total. The number of ether oxygens (including phenoxy) is 2. The molecule has 0 spiro atoms. The summed E-state index contributed by atoms with van der Waals surface area (Å²) in [5.74, 6) is -3.44. The fraction of sp³-hybridized carbons (Fsp3) is 0.444. The molecule has 0 aromatic heterocycles. The van der Waals surface area contributed by atoms with Gasteiger partial charge in [0, 0.05) is 19.2 Å². The fourth-order valence-electron chi connectivity index (χ4n) is 3.88. The van der Waals surface area contributed by atoms with E-state index in [1.807, 2.05) is 0 Å². The van der Waals surface area contributed by atoms with Gasteiger partial charge in [0.1, 0.15) is 28.7 Å². The van der Waals surface area contributed by atoms with E-state index in [4.69, 9.17) is 9.47 Å². The third kappa shape index (κ3) is 8.68. The van der Waals surface area contributed by atoms with Gasteiger partial charge >= 0.3 is 12.2 Å². The third-order valence-corrected chi connectivity index (χ3v) is 5.46. The molecule has 0 unspecified atom stereocenters. The third-order valence-electron chi connectivity index (χ3n) is 5.46. The van der Waals surface area contributed by atoms with Crippen LogP contribution in [-0.4, -0.2) is 48.4 Å². The minimum Gasteiger partial charge on any atom is -0.444 e. The molecule has 0 radical (unpaired) electrons. The van der Waals surface area contributed by atoms with E-state index in [0.717, 1.165) is 18.2 Å². The molecule has 1 atom stereocenters. The number of halogens is 3. The Hall–Kier alpha value is -4.16. The maximum atomic E-state index is 15.3. The highest BCUT2D eigenvalue weighted by Gasteiger charge is 2.29. The zero-order valence-electron chi connectivity index (χ0n) is 23.2. The minimum atomic E-state index is -0.947. The summed E-state index contributed by atoms with van der Waals surface area (Å²) < 4.78 is 53.6. The van der Waals surface area contributed by atoms with Gasteiger partial charge in [-0.05, 0) is 72.2 Å². The molecule has 40 heavy (non-hydrogen) atoms. The molecule has 2 aromatic carbocycles. The van der Waals surface area contributed by atoms with Crippen molar-refractivity contribution in [3.8, 4) is 0 Å². The molecule has 0 saturated carbocycles. The number of nitrogens with zero attached hydrogens (tertiary/aromatic N) is 1. The van der Waals surface area contributed by atoms with Crippen LogP contribution >= 0.6 is 0 Å². The van der Waals surface area contributed by atoms with Crippen LogP contribution in [0.2, 0.25) is 0 Å². The van der Waals surface area contributed by atoms with Gasteiger partial charge in [0.15, 0.2) is 0 Å². The smallest absolute Gasteiger partial charge is 0.426 e. The van der Waals surface area contributed by atoms with Crippen molar-refractivity contribution in [2.45, 2.75) is 65.2 Å². The first-order valence-corrected chi connectivity index (χ1v) is 12.6. The standard InChI is InChI=1S/C27H34F3N5O5/c1-26(2,3)39-24(37)31-16-9-10-35(14-16)22-13-21(32-20-8-7-15(28)11-18(20)29)17(12-19(22)30)23(36)33-34-25(38)40-27(4,5)6/h7-8,11-13,16,32H,9-10,14H2,1-6H3,(H,31,37)(H,33,36)(H,34,38)/t16-/m0/s1. The monoisotopic (exact) mass is 565 g/mol. The Morgan fingerprint density at radius 3 is 2.12 bits per heavy atom. The highest BCUT2D eigenvalue weighted by atomic mass is 19.1. The summed E-state index contributed by atoms with van der Waals surface area (Å²) >= 11 is 0. The Bertz CT molecular complexity index is 1280. The Morgan fingerprint density at radius 1 is 0.850 bits per heavy atom. The van der Waals surface area contributed by atoms with E-state index in [1.54, 1.807) is 46.4 Å². The summed E-state index contributed by atoms with van der Waals surface area (Å²) in [6.07, 6.45) is -1.05. The van der Waals surface area contributed by atoms with E-state index >= 15 is 4.39 Å². The Kier molecular flexibility index (Phi) is 9.06. The van der Waals surface area contributed by atoms with Gasteiger partial charge in [-0.3, -0.25) is 10.2 Å². The second-order valence-corrected chi connectivity index (χ2v) is 11.3. The minimum absolute atomic E-state index is 0.0195. The lowest BCUT2D eigenvalue weighted by atomic mass is 10.1. The maximum Gasteiger partial charge on any atom is 0.426 e. The number of anilines is 3. The van der Waals surface area contributed by atoms with E-state index in [0.29, 0.717) is 19.0 Å². The lowest BCUT2D eigenvalue weighted by Gasteiger charge is -2.24. The van der Waals surface area contributed by atoms with E-state index in [-0.39, 0.29) is 35.2 Å². The highest BCUT2D eigenvalue weighted by Crippen LogP contribution is 2.32.